The van der Waals surface area contributed by atoms with Crippen LogP contribution >= 0.6 is 0 Å². The van der Waals surface area contributed by atoms with Crippen molar-refractivity contribution in [3.8, 4) is 69.4 Å². The summed E-state index contributed by atoms with van der Waals surface area (Å²) in [6, 6.07) is 43.6. The van der Waals surface area contributed by atoms with Gasteiger partial charge in [-0.2, -0.15) is 21.0 Å². The lowest BCUT2D eigenvalue weighted by Gasteiger charge is -2.23. The van der Waals surface area contributed by atoms with E-state index in [4.69, 9.17) is 55.6 Å². The molecule has 0 amide bonds. The molecule has 4 aliphatic rings. The molecule has 0 atom stereocenters. The van der Waals surface area contributed by atoms with Gasteiger partial charge in [0.05, 0.1) is 119 Å². The number of nitrogens with two attached hydrogens (primary N) is 1. The zero-order valence-corrected chi connectivity index (χ0v) is 69.2. The summed E-state index contributed by atoms with van der Waals surface area (Å²) in [7, 11) is 0. The third kappa shape index (κ3) is 22.1. The number of aromatic carboxylic acids is 1. The Morgan fingerprint density at radius 3 is 1.19 bits per heavy atom. The Bertz CT molecular complexity index is 5820. The van der Waals surface area contributed by atoms with Gasteiger partial charge in [-0.3, -0.25) is 33.9 Å². The number of rotatable bonds is 20. The summed E-state index contributed by atoms with van der Waals surface area (Å²) in [6.07, 6.45) is 24.9. The van der Waals surface area contributed by atoms with Gasteiger partial charge < -0.3 is 34.5 Å². The molecule has 4 saturated carbocycles. The minimum Gasteiger partial charge on any atom is -0.477 e. The zero-order chi connectivity index (χ0) is 86.2. The number of benzene rings is 4. The number of hydrogen-bond donors (Lipinski definition) is 4. The quantitative estimate of drug-likeness (QED) is 0.0238. The number of nitriles is 4. The van der Waals surface area contributed by atoms with Crippen LogP contribution in [0.1, 0.15) is 260 Å². The number of anilines is 1. The predicted octanol–water partition coefficient (Wildman–Crippen LogP) is 17.3. The number of nitrogens with zero attached hydrogens (tertiary/aromatic N) is 13. The van der Waals surface area contributed by atoms with Crippen molar-refractivity contribution in [3.63, 3.8) is 0 Å². The minimum atomic E-state index is -1.09. The first-order valence-corrected chi connectivity index (χ1v) is 41.5. The second kappa shape index (κ2) is 42.0. The second-order valence-electron chi connectivity index (χ2n) is 30.5. The van der Waals surface area contributed by atoms with Gasteiger partial charge >= 0.3 is 23.9 Å². The van der Waals surface area contributed by atoms with Gasteiger partial charge in [0.25, 0.3) is 16.9 Å². The number of nitrogens with one attached hydrogen (secondary N) is 2. The van der Waals surface area contributed by atoms with E-state index in [2.05, 4.69) is 43.1 Å². The molecule has 4 aliphatic carbocycles. The van der Waals surface area contributed by atoms with Crippen molar-refractivity contribution in [2.75, 3.05) is 25.6 Å². The van der Waals surface area contributed by atoms with Crippen LogP contribution in [0.15, 0.2) is 137 Å². The number of carboxylic acids is 1. The number of carboxylic acid groups (broad SMARTS) is 1. The normalized spacial score (nSPS) is 14.4. The molecule has 0 bridgehead atoms. The largest absolute Gasteiger partial charge is 0.477 e. The molecule has 7 heterocycles. The first kappa shape index (κ1) is 88.0. The van der Waals surface area contributed by atoms with Crippen molar-refractivity contribution >= 4 is 74.7 Å². The summed E-state index contributed by atoms with van der Waals surface area (Å²) in [5, 5.41) is 62.9. The fraction of sp³-hybridized carbons (Fsp3) is 0.391. The van der Waals surface area contributed by atoms with E-state index in [1.54, 1.807) is 112 Å². The van der Waals surface area contributed by atoms with E-state index in [9.17, 15) is 43.9 Å². The fourth-order valence-electron chi connectivity index (χ4n) is 15.5. The van der Waals surface area contributed by atoms with E-state index >= 15 is 0 Å². The number of carbonyl (C=O) groups excluding carboxylic acids is 4. The molecular weight excluding hydrogens is 1540 g/mol. The maximum Gasteiger partial charge on any atom is 0.379 e. The molecule has 4 fully saturated rings. The van der Waals surface area contributed by atoms with Gasteiger partial charge in [0.2, 0.25) is 11.8 Å². The molecule has 4 aromatic carbocycles. The number of ether oxygens (including phenoxy) is 5. The number of H-pyrrole nitrogens is 2. The van der Waals surface area contributed by atoms with Crippen molar-refractivity contribution in [2.45, 2.75) is 213 Å². The van der Waals surface area contributed by atoms with Crippen molar-refractivity contribution in [1.29, 1.82) is 21.0 Å². The van der Waals surface area contributed by atoms with Crippen molar-refractivity contribution in [1.82, 2.24) is 54.1 Å². The van der Waals surface area contributed by atoms with Gasteiger partial charge in [0, 0.05) is 22.8 Å². The van der Waals surface area contributed by atoms with E-state index in [0.717, 1.165) is 129 Å². The average Bonchev–Trinajstić information content (AvgIpc) is 1.63. The van der Waals surface area contributed by atoms with E-state index in [0.29, 0.717) is 84.7 Å². The lowest BCUT2D eigenvalue weighted by Crippen LogP contribution is -2.17. The van der Waals surface area contributed by atoms with Crippen LogP contribution in [0.4, 0.5) is 5.82 Å². The van der Waals surface area contributed by atoms with Gasteiger partial charge in [-0.15, -0.1) is 10.2 Å². The number of fused-ring (bicyclic) bond motifs is 3. The number of esters is 3. The molecule has 0 aliphatic heterocycles. The fourth-order valence-corrected chi connectivity index (χ4v) is 15.5. The van der Waals surface area contributed by atoms with Crippen LogP contribution in [0, 0.1) is 45.3 Å². The number of ketones is 1. The Hall–Kier alpha value is -13.8. The standard InChI is InChI=1S/C25H28N4O3.C23H24N4O3.C22H22N4O3.C13H11NO3.C9H15N3O/c1-4-31-25(30)21-14-20(18-12-10-17(15-26)11-13-18)22-23(27-21)29(19-8-6-5-7-9-19)28-24(22)32-16(2)3;1-14(2)30-22-20-18(16-10-8-15(13-24)9-11-16)12-19(23(28)29)25-21(20)27(26-22)17-6-4-3-5-7-17;1-2-29-22(28)18-12-17(15-10-8-14(13-23)9-11-15)19-20(24-18)26(25-21(19)27)16-6-4-3-5-7-16;1-2-17-13(16)12(15)8-7-10-3-5-11(9-14)6-4-10;10-8-6-9(13)11-12(8)7-4-2-1-3-5-7/h10-14,16,19H,4-9H2,1-3H3;8-12,14,17H,3-7H2,1-2H3,(H,28,29);8-12,16H,2-7H2,1H3,(H,25,27);3-8H,2H2,1H3;6-7H,1-5,10H2,(H,11,13)/b;;;8-7+;. The lowest BCUT2D eigenvalue weighted by atomic mass is 9.95. The summed E-state index contributed by atoms with van der Waals surface area (Å²) in [6.45, 7) is 13.6. The van der Waals surface area contributed by atoms with E-state index < -0.39 is 29.7 Å². The highest BCUT2D eigenvalue weighted by Crippen LogP contribution is 2.43. The SMILES string of the molecule is CC(C)Oc1nn(C2CCCCC2)c2nc(C(=O)O)cc(-c3ccc(C#N)cc3)c12.CCOC(=O)C(=O)/C=C/c1ccc(C#N)cc1.CCOC(=O)c1cc(-c2ccc(C#N)cc2)c2c(=O)[nH]n(C3CCCCC3)c2n1.CCOC(=O)c1cc(-c2ccc(C#N)cc2)c2c(OC(C)C)nn(C3CCCCC3)c2n1.Nc1cc(=O)[nH]n1C1CCCCC1. The van der Waals surface area contributed by atoms with Crippen LogP contribution in [-0.2, 0) is 23.8 Å². The number of aromatic amines is 2. The Balaban J connectivity index is 0.000000152. The van der Waals surface area contributed by atoms with Gasteiger partial charge in [0.1, 0.15) is 5.82 Å². The molecule has 29 heteroatoms. The molecule has 0 unspecified atom stereocenters. The third-order valence-electron chi connectivity index (χ3n) is 21.2. The van der Waals surface area contributed by atoms with Gasteiger partial charge in [-0.05, 0) is 195 Å². The Labute approximate surface area is 700 Å². The van der Waals surface area contributed by atoms with Gasteiger partial charge in [-0.25, -0.2) is 43.5 Å². The third-order valence-corrected chi connectivity index (χ3v) is 21.2. The van der Waals surface area contributed by atoms with E-state index in [1.807, 2.05) is 76.8 Å². The number of pyridine rings is 3. The zero-order valence-electron chi connectivity index (χ0n) is 69.2. The molecule has 5 N–H and O–H groups in total. The van der Waals surface area contributed by atoms with Crippen molar-refractivity contribution in [2.24, 2.45) is 0 Å². The highest BCUT2D eigenvalue weighted by atomic mass is 16.5. The first-order valence-electron chi connectivity index (χ1n) is 41.5. The maximum atomic E-state index is 12.9. The summed E-state index contributed by atoms with van der Waals surface area (Å²) in [5.41, 5.74) is 14.8. The predicted molar refractivity (Wildman–Crippen MR) is 456 cm³/mol. The van der Waals surface area contributed by atoms with E-state index in [-0.39, 0.29) is 78.4 Å². The molecular formula is C92H100N16O13. The van der Waals surface area contributed by atoms with Gasteiger partial charge in [-0.1, -0.05) is 132 Å². The number of hydrogen-bond acceptors (Lipinski definition) is 22. The highest BCUT2D eigenvalue weighted by molar-refractivity contribution is 6.39. The van der Waals surface area contributed by atoms with Gasteiger partial charge in [0.15, 0.2) is 34.0 Å². The summed E-state index contributed by atoms with van der Waals surface area (Å²) in [5.74, 6) is -2.09. The topological polar surface area (TPSA) is 423 Å². The number of nitrogen functional groups attached to an aromatic ring is 1. The molecule has 0 saturated heterocycles. The molecule has 11 aromatic rings. The van der Waals surface area contributed by atoms with Crippen LogP contribution in [0.25, 0.3) is 72.6 Å². The van der Waals surface area contributed by atoms with Crippen LogP contribution in [0.3, 0.4) is 0 Å². The number of carbonyl (C=O) groups is 5. The second-order valence-corrected chi connectivity index (χ2v) is 30.5. The lowest BCUT2D eigenvalue weighted by molar-refractivity contribution is -0.151. The maximum absolute atomic E-state index is 12.9. The molecule has 0 radical (unpaired) electrons. The molecule has 29 nitrogen and oxygen atoms in total. The summed E-state index contributed by atoms with van der Waals surface area (Å²) >= 11 is 0. The van der Waals surface area contributed by atoms with Crippen LogP contribution in [-0.4, -0.2) is 121 Å². The molecule has 626 valence electrons. The van der Waals surface area contributed by atoms with Crippen LogP contribution in [0.2, 0.25) is 0 Å². The number of aromatic nitrogens is 11. The Morgan fingerprint density at radius 1 is 0.471 bits per heavy atom. The smallest absolute Gasteiger partial charge is 0.379 e. The Kier molecular flexibility index (Phi) is 30.6. The molecule has 0 spiro atoms. The minimum absolute atomic E-state index is 0.0325. The van der Waals surface area contributed by atoms with E-state index in [1.165, 1.54) is 50.7 Å². The summed E-state index contributed by atoms with van der Waals surface area (Å²) in [4.78, 5) is 96.7. The Morgan fingerprint density at radius 2 is 0.826 bits per heavy atom. The molecule has 121 heavy (non-hydrogen) atoms. The summed E-state index contributed by atoms with van der Waals surface area (Å²) < 4.78 is 34.6. The average molecular weight is 1640 g/mol. The monoisotopic (exact) mass is 1640 g/mol. The molecule has 7 aromatic heterocycles. The van der Waals surface area contributed by atoms with Crippen LogP contribution in [0.5, 0.6) is 11.8 Å². The van der Waals surface area contributed by atoms with Crippen molar-refractivity contribution in [3.05, 3.63) is 193 Å². The first-order chi connectivity index (χ1) is 58.5. The van der Waals surface area contributed by atoms with Crippen LogP contribution < -0.4 is 26.3 Å². The molecule has 15 rings (SSSR count). The van der Waals surface area contributed by atoms with Crippen molar-refractivity contribution < 1.29 is 52.8 Å². The highest BCUT2D eigenvalue weighted by Gasteiger charge is 2.31.